The molecule has 1 fully saturated rings. The van der Waals surface area contributed by atoms with E-state index < -0.39 is 17.4 Å². The van der Waals surface area contributed by atoms with E-state index in [-0.39, 0.29) is 53.1 Å². The molecule has 192 valence electrons. The Morgan fingerprint density at radius 3 is 2.68 bits per heavy atom. The number of esters is 1. The van der Waals surface area contributed by atoms with Crippen molar-refractivity contribution in [2.24, 2.45) is 0 Å². The molecular formula is C28H28FN3O5. The number of nitrogens with zero attached hydrogens (tertiary/aromatic N) is 2. The molecule has 0 radical (unpaired) electrons. The molecule has 0 saturated heterocycles. The highest BCUT2D eigenvalue weighted by Gasteiger charge is 2.46. The Balaban J connectivity index is 1.46. The van der Waals surface area contributed by atoms with Gasteiger partial charge in [0, 0.05) is 29.6 Å². The average molecular weight is 506 g/mol. The van der Waals surface area contributed by atoms with Gasteiger partial charge in [-0.2, -0.15) is 0 Å². The van der Waals surface area contributed by atoms with Crippen molar-refractivity contribution in [3.05, 3.63) is 67.0 Å². The summed E-state index contributed by atoms with van der Waals surface area (Å²) >= 11 is 0. The quantitative estimate of drug-likeness (QED) is 0.415. The zero-order valence-electron chi connectivity index (χ0n) is 20.6. The molecule has 4 aliphatic rings. The molecule has 37 heavy (non-hydrogen) atoms. The first-order chi connectivity index (χ1) is 17.8. The van der Waals surface area contributed by atoms with Gasteiger partial charge in [0.05, 0.1) is 34.6 Å². The van der Waals surface area contributed by atoms with Gasteiger partial charge in [-0.05, 0) is 49.4 Å². The summed E-state index contributed by atoms with van der Waals surface area (Å²) in [5.41, 5.74) is 0.642. The molecule has 1 aliphatic carbocycles. The monoisotopic (exact) mass is 505 g/mol. The molecule has 2 aromatic heterocycles. The maximum absolute atomic E-state index is 14.8. The van der Waals surface area contributed by atoms with Gasteiger partial charge in [0.25, 0.3) is 5.56 Å². The predicted molar refractivity (Wildman–Crippen MR) is 134 cm³/mol. The van der Waals surface area contributed by atoms with Gasteiger partial charge in [0.2, 0.25) is 0 Å². The Hall–Kier alpha value is -3.30. The second-order valence-electron chi connectivity index (χ2n) is 10.9. The number of pyridine rings is 2. The van der Waals surface area contributed by atoms with Crippen LogP contribution in [0.3, 0.4) is 0 Å². The Labute approximate surface area is 211 Å². The highest BCUT2D eigenvalue weighted by Crippen LogP contribution is 2.39. The van der Waals surface area contributed by atoms with Crippen molar-refractivity contribution in [1.29, 1.82) is 0 Å². The SMILES string of the molecule is CC[C@@]1(O)C(=O)OCc2c1cc1n(c2=O)Cc2c-1c(=O)c1cc(F)cc3c1n2CC(NC1CCCC1)C3. The Morgan fingerprint density at radius 2 is 1.92 bits per heavy atom. The summed E-state index contributed by atoms with van der Waals surface area (Å²) in [4.78, 5) is 39.9. The number of fused-ring (bicyclic) bond motifs is 5. The lowest BCUT2D eigenvalue weighted by molar-refractivity contribution is -0.172. The van der Waals surface area contributed by atoms with Crippen LogP contribution in [0.1, 0.15) is 61.4 Å². The summed E-state index contributed by atoms with van der Waals surface area (Å²) in [6.45, 7) is 2.22. The number of hydrogen-bond donors (Lipinski definition) is 2. The van der Waals surface area contributed by atoms with Gasteiger partial charge in [0.1, 0.15) is 12.4 Å². The summed E-state index contributed by atoms with van der Waals surface area (Å²) in [5, 5.41) is 15.2. The van der Waals surface area contributed by atoms with E-state index in [0.717, 1.165) is 23.9 Å². The van der Waals surface area contributed by atoms with E-state index >= 15 is 0 Å². The van der Waals surface area contributed by atoms with Gasteiger partial charge in [-0.1, -0.05) is 19.8 Å². The van der Waals surface area contributed by atoms with Crippen LogP contribution < -0.4 is 16.3 Å². The lowest BCUT2D eigenvalue weighted by Crippen LogP contribution is -2.44. The van der Waals surface area contributed by atoms with Crippen LogP contribution in [-0.4, -0.2) is 32.3 Å². The molecule has 0 amide bonds. The lowest BCUT2D eigenvalue weighted by atomic mass is 9.85. The second kappa shape index (κ2) is 7.85. The van der Waals surface area contributed by atoms with Crippen molar-refractivity contribution < 1.29 is 19.0 Å². The standard InChI is InChI=1S/C28H28FN3O5/c1-2-28(36)20-10-21-23-22(12-32(21)26(34)19(20)13-37-27(28)35)31-11-17(30-16-5-3-4-6-16)8-14-7-15(29)9-18(24(14)31)25(23)33/h7,9-10,16-17,30,36H,2-6,8,11-13H2,1H3/t17?,28-/m0/s1. The van der Waals surface area contributed by atoms with Crippen LogP contribution in [0.15, 0.2) is 27.8 Å². The van der Waals surface area contributed by atoms with Crippen molar-refractivity contribution in [2.75, 3.05) is 0 Å². The minimum Gasteiger partial charge on any atom is -0.458 e. The lowest BCUT2D eigenvalue weighted by Gasteiger charge is -2.32. The molecule has 3 aromatic rings. The minimum absolute atomic E-state index is 0.0274. The van der Waals surface area contributed by atoms with Crippen molar-refractivity contribution in [3.63, 3.8) is 0 Å². The zero-order valence-corrected chi connectivity index (χ0v) is 20.6. The van der Waals surface area contributed by atoms with Crippen LogP contribution in [0, 0.1) is 5.82 Å². The predicted octanol–water partition coefficient (Wildman–Crippen LogP) is 2.44. The van der Waals surface area contributed by atoms with Gasteiger partial charge in [0.15, 0.2) is 11.0 Å². The van der Waals surface area contributed by atoms with Crippen LogP contribution in [0.4, 0.5) is 4.39 Å². The second-order valence-corrected chi connectivity index (χ2v) is 10.9. The Bertz CT molecular complexity index is 1630. The topological polar surface area (TPSA) is 103 Å². The molecule has 9 heteroatoms. The number of rotatable bonds is 3. The number of carbonyl (C=O) groups is 1. The number of hydrogen-bond acceptors (Lipinski definition) is 6. The maximum Gasteiger partial charge on any atom is 0.343 e. The van der Waals surface area contributed by atoms with Crippen LogP contribution in [0.25, 0.3) is 22.2 Å². The molecule has 5 heterocycles. The number of ether oxygens (including phenoxy) is 1. The number of carbonyl (C=O) groups excluding carboxylic acids is 1. The zero-order chi connectivity index (χ0) is 25.6. The van der Waals surface area contributed by atoms with Crippen LogP contribution in [-0.2, 0) is 41.2 Å². The summed E-state index contributed by atoms with van der Waals surface area (Å²) in [7, 11) is 0. The van der Waals surface area contributed by atoms with E-state index in [0.29, 0.717) is 36.0 Å². The number of aliphatic hydroxyl groups is 1. The number of aromatic nitrogens is 2. The highest BCUT2D eigenvalue weighted by atomic mass is 19.1. The molecule has 1 unspecified atom stereocenters. The fourth-order valence-electron chi connectivity index (χ4n) is 6.97. The summed E-state index contributed by atoms with van der Waals surface area (Å²) in [5.74, 6) is -1.26. The molecule has 2 atom stereocenters. The van der Waals surface area contributed by atoms with Gasteiger partial charge >= 0.3 is 5.97 Å². The molecule has 1 aromatic carbocycles. The molecule has 8 nitrogen and oxygen atoms in total. The smallest absolute Gasteiger partial charge is 0.343 e. The third-order valence-corrected chi connectivity index (χ3v) is 8.81. The van der Waals surface area contributed by atoms with Gasteiger partial charge < -0.3 is 24.3 Å². The van der Waals surface area contributed by atoms with E-state index in [2.05, 4.69) is 9.88 Å². The van der Waals surface area contributed by atoms with E-state index in [1.165, 1.54) is 29.5 Å². The highest BCUT2D eigenvalue weighted by molar-refractivity contribution is 5.90. The Morgan fingerprint density at radius 1 is 1.14 bits per heavy atom. The molecule has 0 bridgehead atoms. The number of nitrogens with one attached hydrogen (secondary N) is 1. The summed E-state index contributed by atoms with van der Waals surface area (Å²) < 4.78 is 23.5. The number of cyclic esters (lactones) is 1. The van der Waals surface area contributed by atoms with Crippen molar-refractivity contribution >= 4 is 16.9 Å². The molecule has 3 aliphatic heterocycles. The minimum atomic E-state index is -1.96. The van der Waals surface area contributed by atoms with Crippen molar-refractivity contribution in [2.45, 2.75) is 82.8 Å². The van der Waals surface area contributed by atoms with E-state index in [1.807, 2.05) is 0 Å². The Kier molecular flexibility index (Phi) is 4.85. The number of halogens is 1. The van der Waals surface area contributed by atoms with Gasteiger partial charge in [-0.15, -0.1) is 0 Å². The normalized spacial score (nSPS) is 24.2. The first kappa shape index (κ1) is 22.9. The first-order valence-corrected chi connectivity index (χ1v) is 13.1. The largest absolute Gasteiger partial charge is 0.458 e. The summed E-state index contributed by atoms with van der Waals surface area (Å²) in [6.07, 6.45) is 5.31. The van der Waals surface area contributed by atoms with Crippen LogP contribution in [0.2, 0.25) is 0 Å². The van der Waals surface area contributed by atoms with E-state index in [4.69, 9.17) is 4.74 Å². The molecule has 1 saturated carbocycles. The van der Waals surface area contributed by atoms with E-state index in [1.54, 1.807) is 13.0 Å². The van der Waals surface area contributed by atoms with Crippen LogP contribution >= 0.6 is 0 Å². The molecule has 2 N–H and O–H groups in total. The first-order valence-electron chi connectivity index (χ1n) is 13.1. The summed E-state index contributed by atoms with van der Waals surface area (Å²) in [6, 6.07) is 4.90. The average Bonchev–Trinajstić information content (AvgIpc) is 3.53. The van der Waals surface area contributed by atoms with Gasteiger partial charge in [-0.3, -0.25) is 9.59 Å². The van der Waals surface area contributed by atoms with Crippen molar-refractivity contribution in [3.8, 4) is 11.3 Å². The fourth-order valence-corrected chi connectivity index (χ4v) is 6.97. The van der Waals surface area contributed by atoms with Crippen LogP contribution in [0.5, 0.6) is 0 Å². The maximum atomic E-state index is 14.8. The number of benzene rings is 1. The van der Waals surface area contributed by atoms with Crippen molar-refractivity contribution in [1.82, 2.24) is 14.5 Å². The van der Waals surface area contributed by atoms with E-state index in [9.17, 15) is 23.9 Å². The van der Waals surface area contributed by atoms with Gasteiger partial charge in [-0.25, -0.2) is 9.18 Å². The third kappa shape index (κ3) is 3.10. The fraction of sp³-hybridized carbons (Fsp3) is 0.464. The molecule has 0 spiro atoms. The third-order valence-electron chi connectivity index (χ3n) is 8.81. The molecular weight excluding hydrogens is 477 g/mol. The molecule has 7 rings (SSSR count).